The molecule has 1 aromatic carbocycles. The number of anilines is 2. The monoisotopic (exact) mass is 346 g/mol. The first kappa shape index (κ1) is 19.6. The molecule has 2 rings (SSSR count). The number of hydrogen-bond donors (Lipinski definition) is 2. The molecular formula is C21H34N2O2. The van der Waals surface area contributed by atoms with Gasteiger partial charge in [0.15, 0.2) is 0 Å². The summed E-state index contributed by atoms with van der Waals surface area (Å²) in [6.07, 6.45) is 5.79. The molecule has 25 heavy (non-hydrogen) atoms. The first-order chi connectivity index (χ1) is 11.7. The standard InChI is InChI=1S/C21H34N2O2/c1-7-8-9-10-11-23-14(2)12-16-13-17(24)15(3)18(19(16)23)22-20(25)21(4,5)6/h13-14,24H,7-12H2,1-6H3,(H,22,25). The van der Waals surface area contributed by atoms with Crippen LogP contribution < -0.4 is 10.2 Å². The van der Waals surface area contributed by atoms with Gasteiger partial charge in [0.25, 0.3) is 0 Å². The zero-order chi connectivity index (χ0) is 18.8. The Morgan fingerprint density at radius 1 is 1.32 bits per heavy atom. The summed E-state index contributed by atoms with van der Waals surface area (Å²) in [6.45, 7) is 13.0. The molecule has 1 amide bonds. The van der Waals surface area contributed by atoms with E-state index in [0.29, 0.717) is 6.04 Å². The number of benzene rings is 1. The van der Waals surface area contributed by atoms with E-state index in [9.17, 15) is 9.90 Å². The van der Waals surface area contributed by atoms with Gasteiger partial charge in [0, 0.05) is 23.6 Å². The molecule has 1 aromatic rings. The Labute approximate surface area is 152 Å². The first-order valence-electron chi connectivity index (χ1n) is 9.60. The fourth-order valence-corrected chi connectivity index (χ4v) is 3.44. The lowest BCUT2D eigenvalue weighted by Crippen LogP contribution is -2.32. The lowest BCUT2D eigenvalue weighted by molar-refractivity contribution is -0.123. The van der Waals surface area contributed by atoms with Gasteiger partial charge in [0.05, 0.1) is 11.4 Å². The smallest absolute Gasteiger partial charge is 0.229 e. The van der Waals surface area contributed by atoms with E-state index < -0.39 is 5.41 Å². The van der Waals surface area contributed by atoms with Crippen LogP contribution >= 0.6 is 0 Å². The number of carbonyl (C=O) groups is 1. The molecular weight excluding hydrogens is 312 g/mol. The highest BCUT2D eigenvalue weighted by atomic mass is 16.3. The molecule has 4 nitrogen and oxygen atoms in total. The molecule has 1 atom stereocenters. The Hall–Kier alpha value is -1.71. The van der Waals surface area contributed by atoms with Crippen molar-refractivity contribution in [3.8, 4) is 5.75 Å². The zero-order valence-corrected chi connectivity index (χ0v) is 16.7. The fourth-order valence-electron chi connectivity index (χ4n) is 3.44. The van der Waals surface area contributed by atoms with Crippen LogP contribution in [0, 0.1) is 12.3 Å². The minimum Gasteiger partial charge on any atom is -0.508 e. The average Bonchev–Trinajstić information content (AvgIpc) is 2.82. The molecule has 140 valence electrons. The van der Waals surface area contributed by atoms with Gasteiger partial charge < -0.3 is 15.3 Å². The van der Waals surface area contributed by atoms with Crippen molar-refractivity contribution in [1.29, 1.82) is 0 Å². The number of nitrogens with zero attached hydrogens (tertiary/aromatic N) is 1. The summed E-state index contributed by atoms with van der Waals surface area (Å²) in [5.41, 5.74) is 3.31. The summed E-state index contributed by atoms with van der Waals surface area (Å²) in [7, 11) is 0. The lowest BCUT2D eigenvalue weighted by atomic mass is 9.95. The van der Waals surface area contributed by atoms with Gasteiger partial charge in [-0.05, 0) is 38.3 Å². The minimum absolute atomic E-state index is 0.0195. The molecule has 1 heterocycles. The topological polar surface area (TPSA) is 52.6 Å². The van der Waals surface area contributed by atoms with Gasteiger partial charge in [-0.25, -0.2) is 0 Å². The van der Waals surface area contributed by atoms with E-state index in [-0.39, 0.29) is 11.7 Å². The predicted octanol–water partition coefficient (Wildman–Crippen LogP) is 5.02. The van der Waals surface area contributed by atoms with Crippen molar-refractivity contribution in [3.63, 3.8) is 0 Å². The molecule has 0 saturated heterocycles. The summed E-state index contributed by atoms with van der Waals surface area (Å²) in [5, 5.41) is 13.4. The normalized spacial score (nSPS) is 16.9. The number of phenolic OH excluding ortho intramolecular Hbond substituents is 1. The van der Waals surface area contributed by atoms with E-state index in [1.165, 1.54) is 19.3 Å². The van der Waals surface area contributed by atoms with E-state index in [4.69, 9.17) is 0 Å². The fraction of sp³-hybridized carbons (Fsp3) is 0.667. The number of hydrogen-bond acceptors (Lipinski definition) is 3. The van der Waals surface area contributed by atoms with Gasteiger partial charge in [-0.2, -0.15) is 0 Å². The third kappa shape index (κ3) is 4.28. The van der Waals surface area contributed by atoms with Crippen LogP contribution in [0.3, 0.4) is 0 Å². The van der Waals surface area contributed by atoms with Crippen LogP contribution in [0.4, 0.5) is 11.4 Å². The maximum absolute atomic E-state index is 12.6. The molecule has 0 fully saturated rings. The van der Waals surface area contributed by atoms with Gasteiger partial charge in [0.1, 0.15) is 5.75 Å². The second-order valence-electron chi connectivity index (χ2n) is 8.41. The summed E-state index contributed by atoms with van der Waals surface area (Å²) >= 11 is 0. The van der Waals surface area contributed by atoms with Crippen LogP contribution in [0.2, 0.25) is 0 Å². The van der Waals surface area contributed by atoms with Crippen LogP contribution in [0.1, 0.15) is 71.4 Å². The number of phenols is 1. The second kappa shape index (κ2) is 7.67. The van der Waals surface area contributed by atoms with Gasteiger partial charge >= 0.3 is 0 Å². The highest BCUT2D eigenvalue weighted by molar-refractivity contribution is 6.00. The van der Waals surface area contributed by atoms with Gasteiger partial charge in [-0.15, -0.1) is 0 Å². The van der Waals surface area contributed by atoms with Gasteiger partial charge in [0.2, 0.25) is 5.91 Å². The predicted molar refractivity (Wildman–Crippen MR) is 106 cm³/mol. The van der Waals surface area contributed by atoms with Crippen LogP contribution in [0.5, 0.6) is 5.75 Å². The van der Waals surface area contributed by atoms with Crippen molar-refractivity contribution < 1.29 is 9.90 Å². The van der Waals surface area contributed by atoms with Crippen molar-refractivity contribution in [3.05, 3.63) is 17.2 Å². The van der Waals surface area contributed by atoms with Crippen LogP contribution in [0.25, 0.3) is 0 Å². The summed E-state index contributed by atoms with van der Waals surface area (Å²) in [4.78, 5) is 15.0. The number of rotatable bonds is 6. The number of nitrogens with one attached hydrogen (secondary N) is 1. The third-order valence-electron chi connectivity index (χ3n) is 5.12. The number of unbranched alkanes of at least 4 members (excludes halogenated alkanes) is 3. The molecule has 1 aliphatic heterocycles. The Morgan fingerprint density at radius 3 is 2.60 bits per heavy atom. The van der Waals surface area contributed by atoms with Crippen LogP contribution in [-0.4, -0.2) is 23.6 Å². The average molecular weight is 347 g/mol. The Balaban J connectivity index is 2.35. The molecule has 0 radical (unpaired) electrons. The number of amides is 1. The minimum atomic E-state index is -0.471. The van der Waals surface area contributed by atoms with E-state index >= 15 is 0 Å². The molecule has 2 N–H and O–H groups in total. The highest BCUT2D eigenvalue weighted by Gasteiger charge is 2.32. The number of carbonyl (C=O) groups excluding carboxylic acids is 1. The Bertz CT molecular complexity index is 632. The zero-order valence-electron chi connectivity index (χ0n) is 16.7. The second-order valence-corrected chi connectivity index (χ2v) is 8.41. The Morgan fingerprint density at radius 2 is 2.00 bits per heavy atom. The third-order valence-corrected chi connectivity index (χ3v) is 5.12. The molecule has 0 aliphatic carbocycles. The molecule has 0 bridgehead atoms. The lowest BCUT2D eigenvalue weighted by Gasteiger charge is -2.29. The van der Waals surface area contributed by atoms with Crippen LogP contribution in [-0.2, 0) is 11.2 Å². The molecule has 1 aliphatic rings. The molecule has 0 saturated carbocycles. The van der Waals surface area contributed by atoms with Gasteiger partial charge in [-0.3, -0.25) is 4.79 Å². The number of fused-ring (bicyclic) bond motifs is 1. The summed E-state index contributed by atoms with van der Waals surface area (Å²) < 4.78 is 0. The largest absolute Gasteiger partial charge is 0.508 e. The van der Waals surface area contributed by atoms with Crippen molar-refractivity contribution in [2.24, 2.45) is 5.41 Å². The Kier molecular flexibility index (Phi) is 6.02. The number of aromatic hydroxyl groups is 1. The van der Waals surface area contributed by atoms with Crippen molar-refractivity contribution in [2.75, 3.05) is 16.8 Å². The highest BCUT2D eigenvalue weighted by Crippen LogP contribution is 2.44. The SMILES string of the molecule is CCCCCCN1c2c(cc(O)c(C)c2NC(=O)C(C)(C)C)CC1C. The summed E-state index contributed by atoms with van der Waals surface area (Å²) in [6, 6.07) is 2.27. The molecule has 0 spiro atoms. The maximum atomic E-state index is 12.6. The quantitative estimate of drug-likeness (QED) is 0.711. The maximum Gasteiger partial charge on any atom is 0.229 e. The van der Waals surface area contributed by atoms with E-state index in [0.717, 1.165) is 41.9 Å². The van der Waals surface area contributed by atoms with Crippen molar-refractivity contribution >= 4 is 17.3 Å². The van der Waals surface area contributed by atoms with E-state index in [2.05, 4.69) is 24.1 Å². The molecule has 0 aromatic heterocycles. The van der Waals surface area contributed by atoms with E-state index in [1.54, 1.807) is 0 Å². The molecule has 4 heteroatoms. The molecule has 1 unspecified atom stereocenters. The van der Waals surface area contributed by atoms with Crippen LogP contribution in [0.15, 0.2) is 6.07 Å². The van der Waals surface area contributed by atoms with Crippen molar-refractivity contribution in [1.82, 2.24) is 0 Å². The van der Waals surface area contributed by atoms with Crippen molar-refractivity contribution in [2.45, 2.75) is 79.7 Å². The van der Waals surface area contributed by atoms with Gasteiger partial charge in [-0.1, -0.05) is 47.0 Å². The summed E-state index contributed by atoms with van der Waals surface area (Å²) in [5.74, 6) is 0.247. The van der Waals surface area contributed by atoms with E-state index in [1.807, 2.05) is 33.8 Å². The first-order valence-corrected chi connectivity index (χ1v) is 9.60.